The molecule has 0 saturated carbocycles. The number of rotatable bonds is 10. The summed E-state index contributed by atoms with van der Waals surface area (Å²) >= 11 is 1.67. The van der Waals surface area contributed by atoms with Gasteiger partial charge in [0.1, 0.15) is 22.3 Å². The maximum Gasteiger partial charge on any atom is 0.343 e. The van der Waals surface area contributed by atoms with E-state index in [2.05, 4.69) is 23.8 Å². The third-order valence-electron chi connectivity index (χ3n) is 4.88. The number of aromatic nitrogens is 1. The number of ether oxygens (including phenoxy) is 4. The molecule has 4 rings (SSSR count). The Kier molecular flexibility index (Phi) is 7.42. The fraction of sp³-hybridized carbons (Fsp3) is 0.231. The molecular formula is C26H25NO5S. The first-order chi connectivity index (χ1) is 16.1. The van der Waals surface area contributed by atoms with Crippen molar-refractivity contribution >= 4 is 27.5 Å². The highest BCUT2D eigenvalue weighted by Gasteiger charge is 2.12. The van der Waals surface area contributed by atoms with E-state index in [1.807, 2.05) is 30.3 Å². The topological polar surface area (TPSA) is 66.9 Å². The minimum absolute atomic E-state index is 0.119. The van der Waals surface area contributed by atoms with Crippen LogP contribution in [0.3, 0.4) is 0 Å². The van der Waals surface area contributed by atoms with E-state index in [-0.39, 0.29) is 6.61 Å². The second-order valence-corrected chi connectivity index (χ2v) is 8.40. The average molecular weight is 464 g/mol. The van der Waals surface area contributed by atoms with Crippen molar-refractivity contribution in [2.45, 2.75) is 13.3 Å². The van der Waals surface area contributed by atoms with Crippen LogP contribution in [0.25, 0.3) is 20.8 Å². The van der Waals surface area contributed by atoms with Gasteiger partial charge >= 0.3 is 5.97 Å². The monoisotopic (exact) mass is 463 g/mol. The zero-order valence-corrected chi connectivity index (χ0v) is 19.4. The molecule has 6 nitrogen and oxygen atoms in total. The number of hydrogen-bond donors (Lipinski definition) is 0. The number of carbonyl (C=O) groups excluding carboxylic acids is 1. The molecule has 33 heavy (non-hydrogen) atoms. The van der Waals surface area contributed by atoms with Crippen molar-refractivity contribution in [2.24, 2.45) is 0 Å². The highest BCUT2D eigenvalue weighted by Crippen LogP contribution is 2.36. The number of fused-ring (bicyclic) bond motifs is 1. The van der Waals surface area contributed by atoms with Crippen molar-refractivity contribution in [3.05, 3.63) is 72.3 Å². The average Bonchev–Trinajstić information content (AvgIpc) is 3.28. The van der Waals surface area contributed by atoms with E-state index in [4.69, 9.17) is 19.2 Å². The lowest BCUT2D eigenvalue weighted by molar-refractivity contribution is -0.142. The first-order valence-electron chi connectivity index (χ1n) is 10.6. The summed E-state index contributed by atoms with van der Waals surface area (Å²) in [6, 6.07) is 21.4. The van der Waals surface area contributed by atoms with Gasteiger partial charge in [-0.25, -0.2) is 9.78 Å². The van der Waals surface area contributed by atoms with Crippen LogP contribution in [0.5, 0.6) is 17.2 Å². The van der Waals surface area contributed by atoms with Gasteiger partial charge in [-0.05, 0) is 55.5 Å². The summed E-state index contributed by atoms with van der Waals surface area (Å²) in [5, 5.41) is 0.959. The number of carbonyl (C=O) groups is 1. The van der Waals surface area contributed by atoms with Crippen molar-refractivity contribution in [2.75, 3.05) is 26.9 Å². The Bertz CT molecular complexity index is 1190. The molecule has 3 aromatic carbocycles. The van der Waals surface area contributed by atoms with Gasteiger partial charge < -0.3 is 18.9 Å². The zero-order chi connectivity index (χ0) is 23.0. The highest BCUT2D eigenvalue weighted by atomic mass is 32.1. The van der Waals surface area contributed by atoms with Gasteiger partial charge in [-0.1, -0.05) is 23.8 Å². The molecule has 0 radical (unpaired) electrons. The molecule has 0 spiro atoms. The lowest BCUT2D eigenvalue weighted by Gasteiger charge is -2.12. The van der Waals surface area contributed by atoms with Crippen molar-refractivity contribution in [1.82, 2.24) is 4.98 Å². The van der Waals surface area contributed by atoms with Gasteiger partial charge in [0.25, 0.3) is 0 Å². The van der Waals surface area contributed by atoms with Gasteiger partial charge in [0.15, 0.2) is 6.61 Å². The number of esters is 1. The molecule has 0 unspecified atom stereocenters. The summed E-state index contributed by atoms with van der Waals surface area (Å²) in [6.45, 7) is 3.00. The first-order valence-corrected chi connectivity index (χ1v) is 11.5. The van der Waals surface area contributed by atoms with Gasteiger partial charge in [-0.3, -0.25) is 0 Å². The zero-order valence-electron chi connectivity index (χ0n) is 18.6. The summed E-state index contributed by atoms with van der Waals surface area (Å²) in [7, 11) is 1.33. The SMILES string of the molecule is COC(=O)COc1ccc(OCCCOc2ccc(C)cc2-c2nc3ccccc3s2)cc1. The first kappa shape index (κ1) is 22.6. The molecule has 0 aliphatic heterocycles. The molecule has 0 atom stereocenters. The van der Waals surface area contributed by atoms with Crippen molar-refractivity contribution in [3.8, 4) is 27.8 Å². The second kappa shape index (κ2) is 10.8. The van der Waals surface area contributed by atoms with E-state index >= 15 is 0 Å². The molecule has 0 aliphatic carbocycles. The number of benzene rings is 3. The Hall–Kier alpha value is -3.58. The Morgan fingerprint density at radius 2 is 1.64 bits per heavy atom. The van der Waals surface area contributed by atoms with Gasteiger partial charge in [0.2, 0.25) is 0 Å². The van der Waals surface area contributed by atoms with Crippen LogP contribution in [0.1, 0.15) is 12.0 Å². The fourth-order valence-corrected chi connectivity index (χ4v) is 4.18. The molecule has 1 heterocycles. The summed E-state index contributed by atoms with van der Waals surface area (Å²) in [6.07, 6.45) is 0.730. The summed E-state index contributed by atoms with van der Waals surface area (Å²) in [5.74, 6) is 1.71. The van der Waals surface area contributed by atoms with E-state index < -0.39 is 5.97 Å². The van der Waals surface area contributed by atoms with E-state index in [0.29, 0.717) is 19.0 Å². The molecule has 0 amide bonds. The molecule has 0 fully saturated rings. The number of para-hydroxylation sites is 1. The van der Waals surface area contributed by atoms with Crippen molar-refractivity contribution in [3.63, 3.8) is 0 Å². The molecule has 0 N–H and O–H groups in total. The fourth-order valence-electron chi connectivity index (χ4n) is 3.19. The summed E-state index contributed by atoms with van der Waals surface area (Å²) in [4.78, 5) is 15.9. The maximum atomic E-state index is 11.1. The lowest BCUT2D eigenvalue weighted by atomic mass is 10.1. The van der Waals surface area contributed by atoms with Crippen LogP contribution in [-0.2, 0) is 9.53 Å². The van der Waals surface area contributed by atoms with Crippen LogP contribution in [0, 0.1) is 6.92 Å². The minimum atomic E-state index is -0.421. The Morgan fingerprint density at radius 1 is 0.909 bits per heavy atom. The van der Waals surface area contributed by atoms with Gasteiger partial charge in [0.05, 0.1) is 36.1 Å². The van der Waals surface area contributed by atoms with Crippen LogP contribution in [0.2, 0.25) is 0 Å². The predicted octanol–water partition coefficient (Wildman–Crippen LogP) is 5.67. The minimum Gasteiger partial charge on any atom is -0.493 e. The van der Waals surface area contributed by atoms with Crippen LogP contribution < -0.4 is 14.2 Å². The van der Waals surface area contributed by atoms with E-state index in [0.717, 1.165) is 38.7 Å². The highest BCUT2D eigenvalue weighted by molar-refractivity contribution is 7.21. The van der Waals surface area contributed by atoms with E-state index in [9.17, 15) is 4.79 Å². The van der Waals surface area contributed by atoms with Gasteiger partial charge in [0, 0.05) is 6.42 Å². The lowest BCUT2D eigenvalue weighted by Crippen LogP contribution is -2.12. The van der Waals surface area contributed by atoms with Crippen molar-refractivity contribution < 1.29 is 23.7 Å². The van der Waals surface area contributed by atoms with E-state index in [1.165, 1.54) is 12.7 Å². The molecule has 0 aliphatic rings. The third kappa shape index (κ3) is 6.02. The molecule has 1 aromatic heterocycles. The van der Waals surface area contributed by atoms with Crippen LogP contribution in [-0.4, -0.2) is 37.9 Å². The molecule has 4 aromatic rings. The molecule has 7 heteroatoms. The Labute approximate surface area is 196 Å². The Morgan fingerprint density at radius 3 is 2.39 bits per heavy atom. The van der Waals surface area contributed by atoms with Gasteiger partial charge in [-0.2, -0.15) is 0 Å². The maximum absolute atomic E-state index is 11.1. The van der Waals surface area contributed by atoms with Gasteiger partial charge in [-0.15, -0.1) is 11.3 Å². The predicted molar refractivity (Wildman–Crippen MR) is 129 cm³/mol. The van der Waals surface area contributed by atoms with Crippen LogP contribution >= 0.6 is 11.3 Å². The smallest absolute Gasteiger partial charge is 0.343 e. The number of hydrogen-bond acceptors (Lipinski definition) is 7. The van der Waals surface area contributed by atoms with Crippen LogP contribution in [0.15, 0.2) is 66.7 Å². The van der Waals surface area contributed by atoms with Crippen LogP contribution in [0.4, 0.5) is 0 Å². The number of thiazole rings is 1. The van der Waals surface area contributed by atoms with E-state index in [1.54, 1.807) is 35.6 Å². The molecular weight excluding hydrogens is 438 g/mol. The second-order valence-electron chi connectivity index (χ2n) is 7.37. The summed E-state index contributed by atoms with van der Waals surface area (Å²) in [5.41, 5.74) is 3.18. The largest absolute Gasteiger partial charge is 0.493 e. The molecule has 170 valence electrons. The third-order valence-corrected chi connectivity index (χ3v) is 5.95. The standard InChI is InChI=1S/C26H25NO5S/c1-18-8-13-23(21(16-18)26-27-22-6-3-4-7-24(22)33-26)31-15-5-14-30-19-9-11-20(12-10-19)32-17-25(28)29-2/h3-4,6-13,16H,5,14-15,17H2,1-2H3. The molecule has 0 saturated heterocycles. The summed E-state index contributed by atoms with van der Waals surface area (Å²) < 4.78 is 22.9. The number of nitrogens with zero attached hydrogens (tertiary/aromatic N) is 1. The quantitative estimate of drug-likeness (QED) is 0.223. The Balaban J connectivity index is 1.29. The molecule has 0 bridgehead atoms. The number of aryl methyl sites for hydroxylation is 1. The number of methoxy groups -OCH3 is 1. The van der Waals surface area contributed by atoms with Crippen molar-refractivity contribution in [1.29, 1.82) is 0 Å². The normalized spacial score (nSPS) is 10.7.